The van der Waals surface area contributed by atoms with Crippen molar-refractivity contribution in [2.45, 2.75) is 0 Å². The summed E-state index contributed by atoms with van der Waals surface area (Å²) in [7, 11) is 1.66. The zero-order chi connectivity index (χ0) is 17.2. The maximum atomic E-state index is 6.26. The molecule has 4 aromatic rings. The molecule has 5 nitrogen and oxygen atoms in total. The van der Waals surface area contributed by atoms with Gasteiger partial charge in [-0.25, -0.2) is 0 Å². The minimum atomic E-state index is 0.621. The van der Waals surface area contributed by atoms with E-state index in [2.05, 4.69) is 15.3 Å². The summed E-state index contributed by atoms with van der Waals surface area (Å²) in [5, 5.41) is 14.4. The van der Waals surface area contributed by atoms with Crippen molar-refractivity contribution in [3.63, 3.8) is 0 Å². The van der Waals surface area contributed by atoms with Gasteiger partial charge in [0.05, 0.1) is 12.1 Å². The molecule has 0 amide bonds. The van der Waals surface area contributed by atoms with Gasteiger partial charge in [0.25, 0.3) is 0 Å². The Kier molecular flexibility index (Phi) is 4.21. The van der Waals surface area contributed by atoms with Crippen molar-refractivity contribution < 1.29 is 4.74 Å². The lowest BCUT2D eigenvalue weighted by molar-refractivity contribution is 0.414. The maximum Gasteiger partial charge on any atom is 0.235 e. The van der Waals surface area contributed by atoms with Crippen LogP contribution in [0, 0.1) is 0 Å². The zero-order valence-corrected chi connectivity index (χ0v) is 14.8. The first kappa shape index (κ1) is 15.8. The van der Waals surface area contributed by atoms with Crippen molar-refractivity contribution in [2.24, 2.45) is 0 Å². The lowest BCUT2D eigenvalue weighted by Crippen LogP contribution is -1.91. The quantitative estimate of drug-likeness (QED) is 0.524. The lowest BCUT2D eigenvalue weighted by Gasteiger charge is -2.02. The minimum Gasteiger partial charge on any atom is -0.496 e. The number of hydrogen-bond acceptors (Lipinski definition) is 5. The molecule has 0 radical (unpaired) electrons. The molecular formula is C18H13ClN4OS. The number of aromatic nitrogens is 4. The second kappa shape index (κ2) is 6.66. The molecule has 4 rings (SSSR count). The highest BCUT2D eigenvalue weighted by Crippen LogP contribution is 2.28. The van der Waals surface area contributed by atoms with Gasteiger partial charge in [0.15, 0.2) is 5.82 Å². The van der Waals surface area contributed by atoms with Crippen LogP contribution in [0.5, 0.6) is 5.75 Å². The maximum absolute atomic E-state index is 6.26. The summed E-state index contributed by atoms with van der Waals surface area (Å²) in [6.45, 7) is 0. The predicted octanol–water partition coefficient (Wildman–Crippen LogP) is 4.69. The van der Waals surface area contributed by atoms with E-state index in [1.54, 1.807) is 11.6 Å². The van der Waals surface area contributed by atoms with Gasteiger partial charge in [0.1, 0.15) is 10.8 Å². The van der Waals surface area contributed by atoms with E-state index in [1.807, 2.05) is 60.7 Å². The number of rotatable bonds is 4. The van der Waals surface area contributed by atoms with Gasteiger partial charge in [-0.15, -0.1) is 10.2 Å². The molecule has 2 aromatic heterocycles. The van der Waals surface area contributed by atoms with Crippen LogP contribution in [0.15, 0.2) is 48.5 Å². The van der Waals surface area contributed by atoms with Crippen LogP contribution in [0.4, 0.5) is 0 Å². The Hall–Kier alpha value is -2.70. The van der Waals surface area contributed by atoms with Crippen LogP contribution in [0.25, 0.3) is 28.5 Å². The van der Waals surface area contributed by atoms with E-state index in [-0.39, 0.29) is 0 Å². The van der Waals surface area contributed by atoms with E-state index >= 15 is 0 Å². The molecule has 0 aliphatic carbocycles. The molecule has 0 spiro atoms. The molecule has 0 atom stereocenters. The lowest BCUT2D eigenvalue weighted by atomic mass is 10.2. The fourth-order valence-corrected chi connectivity index (χ4v) is 3.44. The second-order valence-corrected chi connectivity index (χ2v) is 6.61. The van der Waals surface area contributed by atoms with Gasteiger partial charge in [0, 0.05) is 11.1 Å². The monoisotopic (exact) mass is 368 g/mol. The third-order valence-corrected chi connectivity index (χ3v) is 4.86. The summed E-state index contributed by atoms with van der Waals surface area (Å²) in [5.74, 6) is 1.45. The van der Waals surface area contributed by atoms with Gasteiger partial charge in [-0.2, -0.15) is 9.61 Å². The van der Waals surface area contributed by atoms with Crippen LogP contribution in [0.1, 0.15) is 10.6 Å². The predicted molar refractivity (Wildman–Crippen MR) is 101 cm³/mol. The number of ether oxygens (including phenoxy) is 1. The van der Waals surface area contributed by atoms with Crippen LogP contribution < -0.4 is 4.74 Å². The molecule has 124 valence electrons. The van der Waals surface area contributed by atoms with Gasteiger partial charge >= 0.3 is 0 Å². The van der Waals surface area contributed by atoms with Crippen LogP contribution in [-0.4, -0.2) is 26.9 Å². The highest BCUT2D eigenvalue weighted by atomic mass is 35.5. The molecule has 0 bridgehead atoms. The summed E-state index contributed by atoms with van der Waals surface area (Å²) in [4.78, 5) is 0.717. The van der Waals surface area contributed by atoms with Crippen molar-refractivity contribution in [1.29, 1.82) is 0 Å². The third-order valence-electron chi connectivity index (χ3n) is 3.67. The van der Waals surface area contributed by atoms with Crippen LogP contribution in [-0.2, 0) is 0 Å². The van der Waals surface area contributed by atoms with Gasteiger partial charge in [-0.3, -0.25) is 0 Å². The minimum absolute atomic E-state index is 0.621. The van der Waals surface area contributed by atoms with Gasteiger partial charge in [-0.05, 0) is 30.4 Å². The molecule has 0 saturated heterocycles. The third kappa shape index (κ3) is 3.01. The Labute approximate surface area is 153 Å². The van der Waals surface area contributed by atoms with Crippen molar-refractivity contribution in [2.75, 3.05) is 7.11 Å². The Morgan fingerprint density at radius 2 is 1.84 bits per heavy atom. The number of para-hydroxylation sites is 1. The van der Waals surface area contributed by atoms with Gasteiger partial charge in [0.2, 0.25) is 4.96 Å². The molecule has 7 heteroatoms. The standard InChI is InChI=1S/C18H13ClN4OS/c1-24-15-9-5-2-6-12(15)10-11-16-22-23-17(20-21-18(23)25-16)13-7-3-4-8-14(13)19/h2-11H,1H3. The molecule has 0 saturated carbocycles. The van der Waals surface area contributed by atoms with Crippen molar-refractivity contribution in [3.8, 4) is 17.1 Å². The second-order valence-electron chi connectivity index (χ2n) is 5.21. The summed E-state index contributed by atoms with van der Waals surface area (Å²) in [5.41, 5.74) is 1.80. The van der Waals surface area contributed by atoms with E-state index in [1.165, 1.54) is 11.3 Å². The van der Waals surface area contributed by atoms with E-state index in [0.717, 1.165) is 26.8 Å². The van der Waals surface area contributed by atoms with E-state index in [9.17, 15) is 0 Å². The molecule has 0 aliphatic rings. The number of fused-ring (bicyclic) bond motifs is 1. The SMILES string of the molecule is COc1ccccc1C=Cc1nn2c(-c3ccccc3Cl)nnc2s1. The molecule has 2 heterocycles. The van der Waals surface area contributed by atoms with Crippen molar-refractivity contribution >= 4 is 40.1 Å². The molecular weight excluding hydrogens is 356 g/mol. The Morgan fingerprint density at radius 3 is 2.68 bits per heavy atom. The first-order valence-electron chi connectivity index (χ1n) is 7.54. The average molecular weight is 369 g/mol. The van der Waals surface area contributed by atoms with Gasteiger partial charge in [-0.1, -0.05) is 53.3 Å². The average Bonchev–Trinajstić information content (AvgIpc) is 3.21. The summed E-state index contributed by atoms with van der Waals surface area (Å²) < 4.78 is 7.07. The Morgan fingerprint density at radius 1 is 1.04 bits per heavy atom. The smallest absolute Gasteiger partial charge is 0.235 e. The number of halogens is 1. The first-order chi connectivity index (χ1) is 12.3. The summed E-state index contributed by atoms with van der Waals surface area (Å²) in [6, 6.07) is 15.4. The van der Waals surface area contributed by atoms with Gasteiger partial charge < -0.3 is 4.74 Å². The molecule has 2 aromatic carbocycles. The Bertz CT molecular complexity index is 1070. The molecule has 0 aliphatic heterocycles. The number of hydrogen-bond donors (Lipinski definition) is 0. The normalized spacial score (nSPS) is 11.4. The van der Waals surface area contributed by atoms with E-state index < -0.39 is 0 Å². The van der Waals surface area contributed by atoms with E-state index in [4.69, 9.17) is 16.3 Å². The highest BCUT2D eigenvalue weighted by molar-refractivity contribution is 7.17. The largest absolute Gasteiger partial charge is 0.496 e. The number of benzene rings is 2. The van der Waals surface area contributed by atoms with Crippen LogP contribution in [0.2, 0.25) is 5.02 Å². The van der Waals surface area contributed by atoms with Crippen molar-refractivity contribution in [3.05, 3.63) is 64.1 Å². The fraction of sp³-hybridized carbons (Fsp3) is 0.0556. The first-order valence-corrected chi connectivity index (χ1v) is 8.74. The molecule has 25 heavy (non-hydrogen) atoms. The molecule has 0 unspecified atom stereocenters. The zero-order valence-electron chi connectivity index (χ0n) is 13.3. The van der Waals surface area contributed by atoms with Crippen molar-refractivity contribution in [1.82, 2.24) is 19.8 Å². The highest BCUT2D eigenvalue weighted by Gasteiger charge is 2.14. The Balaban J connectivity index is 1.71. The molecule has 0 N–H and O–H groups in total. The summed E-state index contributed by atoms with van der Waals surface area (Å²) in [6.07, 6.45) is 3.91. The summed E-state index contributed by atoms with van der Waals surface area (Å²) >= 11 is 7.72. The van der Waals surface area contributed by atoms with E-state index in [0.29, 0.717) is 10.8 Å². The number of methoxy groups -OCH3 is 1. The fourth-order valence-electron chi connectivity index (χ4n) is 2.47. The van der Waals surface area contributed by atoms with Crippen LogP contribution >= 0.6 is 22.9 Å². The molecule has 0 fully saturated rings. The topological polar surface area (TPSA) is 52.3 Å². The van der Waals surface area contributed by atoms with Crippen LogP contribution in [0.3, 0.4) is 0 Å². The number of nitrogens with zero attached hydrogens (tertiary/aromatic N) is 4.